The molecule has 0 bridgehead atoms. The summed E-state index contributed by atoms with van der Waals surface area (Å²) < 4.78 is 0. The van der Waals surface area contributed by atoms with Crippen molar-refractivity contribution in [1.82, 2.24) is 5.32 Å². The maximum absolute atomic E-state index is 3.34. The van der Waals surface area contributed by atoms with E-state index in [4.69, 9.17) is 0 Å². The van der Waals surface area contributed by atoms with Gasteiger partial charge in [0.1, 0.15) is 0 Å². The minimum Gasteiger partial charge on any atom is -0.316 e. The maximum Gasteiger partial charge on any atom is 0.0178 e. The summed E-state index contributed by atoms with van der Waals surface area (Å²) in [5, 5.41) is 4.09. The Labute approximate surface area is 75.3 Å². The first-order valence-corrected chi connectivity index (χ1v) is 5.59. The lowest BCUT2D eigenvalue weighted by molar-refractivity contribution is 0.541. The molecule has 0 heterocycles. The fourth-order valence-electron chi connectivity index (χ4n) is 1.19. The molecule has 0 spiro atoms. The molecule has 0 fully saturated rings. The third kappa shape index (κ3) is 4.70. The van der Waals surface area contributed by atoms with E-state index in [-0.39, 0.29) is 0 Å². The van der Waals surface area contributed by atoms with Crippen LogP contribution in [0.1, 0.15) is 33.6 Å². The maximum atomic E-state index is 3.34. The highest BCUT2D eigenvalue weighted by atomic mass is 32.2. The molecule has 2 heteroatoms. The van der Waals surface area contributed by atoms with Crippen molar-refractivity contribution >= 4 is 11.8 Å². The summed E-state index contributed by atoms with van der Waals surface area (Å²) in [6, 6.07) is 0.687. The van der Waals surface area contributed by atoms with Gasteiger partial charge in [0.05, 0.1) is 0 Å². The van der Waals surface area contributed by atoms with Crippen LogP contribution >= 0.6 is 11.8 Å². The SMILES string of the molecule is CCCSC(C)C(CC)NC. The van der Waals surface area contributed by atoms with Crippen molar-refractivity contribution in [2.24, 2.45) is 0 Å². The van der Waals surface area contributed by atoms with Crippen molar-refractivity contribution in [3.8, 4) is 0 Å². The topological polar surface area (TPSA) is 12.0 Å². The molecular weight excluding hydrogens is 154 g/mol. The first-order valence-electron chi connectivity index (χ1n) is 4.55. The van der Waals surface area contributed by atoms with E-state index >= 15 is 0 Å². The van der Waals surface area contributed by atoms with Gasteiger partial charge in [0.15, 0.2) is 0 Å². The van der Waals surface area contributed by atoms with Crippen molar-refractivity contribution < 1.29 is 0 Å². The number of hydrogen-bond acceptors (Lipinski definition) is 2. The zero-order valence-electron chi connectivity index (χ0n) is 8.18. The van der Waals surface area contributed by atoms with E-state index in [0.29, 0.717) is 6.04 Å². The van der Waals surface area contributed by atoms with Gasteiger partial charge in [-0.2, -0.15) is 11.8 Å². The van der Waals surface area contributed by atoms with Gasteiger partial charge in [-0.3, -0.25) is 0 Å². The number of nitrogens with one attached hydrogen (secondary N) is 1. The second kappa shape index (κ2) is 6.99. The summed E-state index contributed by atoms with van der Waals surface area (Å²) in [6.07, 6.45) is 2.52. The minimum absolute atomic E-state index is 0.687. The second-order valence-corrected chi connectivity index (χ2v) is 4.36. The molecule has 0 rings (SSSR count). The average molecular weight is 175 g/mol. The molecule has 0 aromatic rings. The van der Waals surface area contributed by atoms with Crippen molar-refractivity contribution in [3.63, 3.8) is 0 Å². The van der Waals surface area contributed by atoms with Gasteiger partial charge in [-0.15, -0.1) is 0 Å². The largest absolute Gasteiger partial charge is 0.316 e. The van der Waals surface area contributed by atoms with E-state index in [9.17, 15) is 0 Å². The van der Waals surface area contributed by atoms with E-state index in [1.54, 1.807) is 0 Å². The molecule has 2 unspecified atom stereocenters. The van der Waals surface area contributed by atoms with Crippen LogP contribution in [-0.2, 0) is 0 Å². The zero-order valence-corrected chi connectivity index (χ0v) is 9.00. The van der Waals surface area contributed by atoms with Crippen LogP contribution in [0.15, 0.2) is 0 Å². The van der Waals surface area contributed by atoms with E-state index in [1.165, 1.54) is 18.6 Å². The van der Waals surface area contributed by atoms with E-state index in [0.717, 1.165) is 5.25 Å². The van der Waals surface area contributed by atoms with Crippen molar-refractivity contribution in [2.45, 2.75) is 44.9 Å². The molecule has 0 aromatic carbocycles. The Balaban J connectivity index is 3.51. The van der Waals surface area contributed by atoms with Gasteiger partial charge in [0.25, 0.3) is 0 Å². The zero-order chi connectivity index (χ0) is 8.69. The summed E-state index contributed by atoms with van der Waals surface area (Å²) in [4.78, 5) is 0. The van der Waals surface area contributed by atoms with Gasteiger partial charge < -0.3 is 5.32 Å². The number of rotatable bonds is 6. The number of hydrogen-bond donors (Lipinski definition) is 1. The van der Waals surface area contributed by atoms with Crippen molar-refractivity contribution in [3.05, 3.63) is 0 Å². The lowest BCUT2D eigenvalue weighted by Crippen LogP contribution is -2.33. The molecule has 0 aliphatic rings. The first kappa shape index (κ1) is 11.3. The van der Waals surface area contributed by atoms with Crippen LogP contribution < -0.4 is 5.32 Å². The predicted octanol–water partition coefficient (Wildman–Crippen LogP) is 2.52. The van der Waals surface area contributed by atoms with Gasteiger partial charge in [-0.05, 0) is 25.6 Å². The normalized spacial score (nSPS) is 16.4. The van der Waals surface area contributed by atoms with Crippen LogP contribution in [0.4, 0.5) is 0 Å². The van der Waals surface area contributed by atoms with Gasteiger partial charge in [0, 0.05) is 11.3 Å². The summed E-state index contributed by atoms with van der Waals surface area (Å²) in [7, 11) is 2.05. The quantitative estimate of drug-likeness (QED) is 0.666. The monoisotopic (exact) mass is 175 g/mol. The molecule has 1 N–H and O–H groups in total. The molecular formula is C9H21NS. The summed E-state index contributed by atoms with van der Waals surface area (Å²) >= 11 is 2.07. The lowest BCUT2D eigenvalue weighted by Gasteiger charge is -2.21. The van der Waals surface area contributed by atoms with Gasteiger partial charge in [-0.1, -0.05) is 20.8 Å². The Kier molecular flexibility index (Phi) is 7.18. The Bertz CT molecular complexity index is 81.6. The van der Waals surface area contributed by atoms with Gasteiger partial charge >= 0.3 is 0 Å². The lowest BCUT2D eigenvalue weighted by atomic mass is 10.2. The van der Waals surface area contributed by atoms with E-state index < -0.39 is 0 Å². The van der Waals surface area contributed by atoms with Crippen LogP contribution in [0.3, 0.4) is 0 Å². The Morgan fingerprint density at radius 2 is 2.00 bits per heavy atom. The standard InChI is InChI=1S/C9H21NS/c1-5-7-11-8(3)9(6-2)10-4/h8-10H,5-7H2,1-4H3. The first-order chi connectivity index (χ1) is 5.26. The van der Waals surface area contributed by atoms with Crippen molar-refractivity contribution in [2.75, 3.05) is 12.8 Å². The molecule has 0 saturated carbocycles. The molecule has 1 nitrogen and oxygen atoms in total. The van der Waals surface area contributed by atoms with Crippen molar-refractivity contribution in [1.29, 1.82) is 0 Å². The molecule has 0 aliphatic heterocycles. The van der Waals surface area contributed by atoms with Crippen LogP contribution in [0.5, 0.6) is 0 Å². The molecule has 2 atom stereocenters. The fourth-order valence-corrected chi connectivity index (χ4v) is 2.36. The molecule has 0 amide bonds. The predicted molar refractivity (Wildman–Crippen MR) is 55.3 cm³/mol. The second-order valence-electron chi connectivity index (χ2n) is 2.88. The molecule has 68 valence electrons. The highest BCUT2D eigenvalue weighted by Gasteiger charge is 2.12. The summed E-state index contributed by atoms with van der Waals surface area (Å²) in [5.41, 5.74) is 0. The van der Waals surface area contributed by atoms with E-state index in [2.05, 4.69) is 44.9 Å². The molecule has 0 aromatic heterocycles. The van der Waals surface area contributed by atoms with Gasteiger partial charge in [0.2, 0.25) is 0 Å². The third-order valence-corrected chi connectivity index (χ3v) is 3.46. The summed E-state index contributed by atoms with van der Waals surface area (Å²) in [5.74, 6) is 1.29. The number of thioether (sulfide) groups is 1. The molecule has 11 heavy (non-hydrogen) atoms. The molecule has 0 aliphatic carbocycles. The minimum atomic E-state index is 0.687. The Hall–Kier alpha value is 0.310. The Morgan fingerprint density at radius 3 is 2.36 bits per heavy atom. The molecule has 0 radical (unpaired) electrons. The molecule has 0 saturated heterocycles. The van der Waals surface area contributed by atoms with E-state index in [1.807, 2.05) is 0 Å². The highest BCUT2D eigenvalue weighted by molar-refractivity contribution is 7.99. The third-order valence-electron chi connectivity index (χ3n) is 1.96. The fraction of sp³-hybridized carbons (Fsp3) is 1.00. The van der Waals surface area contributed by atoms with Crippen LogP contribution in [-0.4, -0.2) is 24.1 Å². The van der Waals surface area contributed by atoms with Crippen LogP contribution in [0.25, 0.3) is 0 Å². The van der Waals surface area contributed by atoms with Crippen LogP contribution in [0.2, 0.25) is 0 Å². The van der Waals surface area contributed by atoms with Crippen LogP contribution in [0, 0.1) is 0 Å². The highest BCUT2D eigenvalue weighted by Crippen LogP contribution is 2.16. The van der Waals surface area contributed by atoms with Gasteiger partial charge in [-0.25, -0.2) is 0 Å². The Morgan fingerprint density at radius 1 is 1.36 bits per heavy atom. The average Bonchev–Trinajstić information content (AvgIpc) is 2.03. The smallest absolute Gasteiger partial charge is 0.0178 e. The summed E-state index contributed by atoms with van der Waals surface area (Å²) in [6.45, 7) is 6.79.